The maximum absolute atomic E-state index is 11.5. The molecule has 18 heavy (non-hydrogen) atoms. The number of carbonyl (C=O) groups is 1. The summed E-state index contributed by atoms with van der Waals surface area (Å²) >= 11 is 0. The molecule has 0 saturated carbocycles. The van der Waals surface area contributed by atoms with Gasteiger partial charge in [-0.25, -0.2) is 0 Å². The molecule has 0 bridgehead atoms. The molecule has 0 aliphatic rings. The van der Waals surface area contributed by atoms with Crippen LogP contribution in [-0.2, 0) is 9.53 Å². The zero-order chi connectivity index (χ0) is 13.2. The van der Waals surface area contributed by atoms with Crippen molar-refractivity contribution in [1.82, 2.24) is 0 Å². The first-order valence-electron chi connectivity index (χ1n) is 6.01. The van der Waals surface area contributed by atoms with Gasteiger partial charge in [-0.2, -0.15) is 0 Å². The lowest BCUT2D eigenvalue weighted by atomic mass is 10.1. The SMILES string of the molecule is C#CCCOCCC(=O)/C=C/c1ccc(C)cc1. The number of carbonyl (C=O) groups excluding carboxylic acids is 1. The van der Waals surface area contributed by atoms with Gasteiger partial charge in [-0.05, 0) is 18.6 Å². The number of allylic oxidation sites excluding steroid dienone is 1. The van der Waals surface area contributed by atoms with E-state index in [9.17, 15) is 4.79 Å². The summed E-state index contributed by atoms with van der Waals surface area (Å²) < 4.78 is 5.22. The van der Waals surface area contributed by atoms with E-state index in [1.165, 1.54) is 5.56 Å². The molecule has 0 radical (unpaired) electrons. The number of ketones is 1. The molecule has 0 aliphatic carbocycles. The van der Waals surface area contributed by atoms with Gasteiger partial charge >= 0.3 is 0 Å². The van der Waals surface area contributed by atoms with Crippen molar-refractivity contribution in [3.8, 4) is 12.3 Å². The number of hydrogen-bond donors (Lipinski definition) is 0. The van der Waals surface area contributed by atoms with Crippen molar-refractivity contribution in [3.63, 3.8) is 0 Å². The lowest BCUT2D eigenvalue weighted by Gasteiger charge is -1.99. The maximum atomic E-state index is 11.5. The summed E-state index contributed by atoms with van der Waals surface area (Å²) in [5, 5.41) is 0. The second-order valence-electron chi connectivity index (χ2n) is 4.03. The Labute approximate surface area is 109 Å². The second-order valence-corrected chi connectivity index (χ2v) is 4.03. The van der Waals surface area contributed by atoms with Gasteiger partial charge in [-0.3, -0.25) is 4.79 Å². The minimum absolute atomic E-state index is 0.0660. The minimum Gasteiger partial charge on any atom is -0.380 e. The molecule has 1 aromatic carbocycles. The summed E-state index contributed by atoms with van der Waals surface area (Å²) in [6, 6.07) is 8.02. The largest absolute Gasteiger partial charge is 0.380 e. The molecule has 0 N–H and O–H groups in total. The van der Waals surface area contributed by atoms with Crippen LogP contribution < -0.4 is 0 Å². The molecule has 0 spiro atoms. The fraction of sp³-hybridized carbons (Fsp3) is 0.312. The molecule has 1 rings (SSSR count). The minimum atomic E-state index is 0.0660. The Morgan fingerprint density at radius 3 is 2.72 bits per heavy atom. The average Bonchev–Trinajstić information content (AvgIpc) is 2.38. The van der Waals surface area contributed by atoms with Gasteiger partial charge < -0.3 is 4.74 Å². The molecule has 0 saturated heterocycles. The first kappa shape index (κ1) is 14.2. The highest BCUT2D eigenvalue weighted by Gasteiger charge is 1.96. The number of aryl methyl sites for hydroxylation is 1. The Morgan fingerprint density at radius 2 is 2.06 bits per heavy atom. The number of benzene rings is 1. The molecule has 0 aromatic heterocycles. The van der Waals surface area contributed by atoms with Crippen molar-refractivity contribution < 1.29 is 9.53 Å². The first-order valence-corrected chi connectivity index (χ1v) is 6.01. The zero-order valence-electron chi connectivity index (χ0n) is 10.7. The first-order chi connectivity index (χ1) is 8.72. The van der Waals surface area contributed by atoms with Crippen LogP contribution in [0.15, 0.2) is 30.3 Å². The highest BCUT2D eigenvalue weighted by molar-refractivity contribution is 5.93. The molecular weight excluding hydrogens is 224 g/mol. The lowest BCUT2D eigenvalue weighted by molar-refractivity contribution is -0.115. The van der Waals surface area contributed by atoms with Crippen molar-refractivity contribution in [2.45, 2.75) is 19.8 Å². The third-order valence-corrected chi connectivity index (χ3v) is 2.42. The van der Waals surface area contributed by atoms with E-state index in [1.54, 1.807) is 6.08 Å². The van der Waals surface area contributed by atoms with E-state index in [4.69, 9.17) is 11.2 Å². The topological polar surface area (TPSA) is 26.3 Å². The Morgan fingerprint density at radius 1 is 1.33 bits per heavy atom. The molecule has 2 nitrogen and oxygen atoms in total. The number of rotatable bonds is 7. The Kier molecular flexibility index (Phi) is 6.53. The Balaban J connectivity index is 2.27. The van der Waals surface area contributed by atoms with Crippen LogP contribution in [0.5, 0.6) is 0 Å². The standard InChI is InChI=1S/C16H18O2/c1-3-4-12-18-13-11-16(17)10-9-15-7-5-14(2)6-8-15/h1,5-10H,4,11-13H2,2H3/b10-9+. The number of ether oxygens (including phenoxy) is 1. The lowest BCUT2D eigenvalue weighted by Crippen LogP contribution is -2.02. The molecule has 2 heteroatoms. The van der Waals surface area contributed by atoms with Crippen molar-refractivity contribution in [3.05, 3.63) is 41.5 Å². The van der Waals surface area contributed by atoms with Crippen LogP contribution in [0.1, 0.15) is 24.0 Å². The molecule has 0 heterocycles. The molecule has 0 aliphatic heterocycles. The summed E-state index contributed by atoms with van der Waals surface area (Å²) in [6.45, 7) is 2.98. The summed E-state index contributed by atoms with van der Waals surface area (Å²) in [4.78, 5) is 11.5. The summed E-state index contributed by atoms with van der Waals surface area (Å²) in [5.41, 5.74) is 2.24. The van der Waals surface area contributed by atoms with E-state index < -0.39 is 0 Å². The summed E-state index contributed by atoms with van der Waals surface area (Å²) in [7, 11) is 0. The van der Waals surface area contributed by atoms with E-state index in [2.05, 4.69) is 5.92 Å². The second kappa shape index (κ2) is 8.27. The van der Waals surface area contributed by atoms with Gasteiger partial charge in [0.2, 0.25) is 0 Å². The van der Waals surface area contributed by atoms with E-state index in [0.717, 1.165) is 5.56 Å². The quantitative estimate of drug-likeness (QED) is 0.417. The van der Waals surface area contributed by atoms with Crippen LogP contribution in [0, 0.1) is 19.3 Å². The van der Waals surface area contributed by atoms with Gasteiger partial charge in [0.15, 0.2) is 5.78 Å². The number of hydrogen-bond acceptors (Lipinski definition) is 2. The van der Waals surface area contributed by atoms with Gasteiger partial charge in [-0.15, -0.1) is 12.3 Å². The maximum Gasteiger partial charge on any atom is 0.158 e. The van der Waals surface area contributed by atoms with Crippen LogP contribution in [0.4, 0.5) is 0 Å². The van der Waals surface area contributed by atoms with Crippen LogP contribution in [-0.4, -0.2) is 19.0 Å². The number of terminal acetylenes is 1. The third kappa shape index (κ3) is 6.03. The van der Waals surface area contributed by atoms with Crippen LogP contribution in [0.3, 0.4) is 0 Å². The van der Waals surface area contributed by atoms with E-state index >= 15 is 0 Å². The van der Waals surface area contributed by atoms with E-state index in [1.807, 2.05) is 37.3 Å². The monoisotopic (exact) mass is 242 g/mol. The Bertz CT molecular complexity index is 435. The molecule has 0 amide bonds. The van der Waals surface area contributed by atoms with Gasteiger partial charge in [0.05, 0.1) is 13.2 Å². The van der Waals surface area contributed by atoms with Gasteiger partial charge in [0, 0.05) is 12.8 Å². The highest BCUT2D eigenvalue weighted by Crippen LogP contribution is 2.05. The predicted molar refractivity (Wildman–Crippen MR) is 74.1 cm³/mol. The third-order valence-electron chi connectivity index (χ3n) is 2.42. The molecule has 0 unspecified atom stereocenters. The zero-order valence-corrected chi connectivity index (χ0v) is 10.7. The fourth-order valence-electron chi connectivity index (χ4n) is 1.36. The fourth-order valence-corrected chi connectivity index (χ4v) is 1.36. The van der Waals surface area contributed by atoms with Crippen molar-refractivity contribution in [2.24, 2.45) is 0 Å². The Hall–Kier alpha value is -1.85. The van der Waals surface area contributed by atoms with Crippen molar-refractivity contribution >= 4 is 11.9 Å². The summed E-state index contributed by atoms with van der Waals surface area (Å²) in [5.74, 6) is 2.55. The average molecular weight is 242 g/mol. The van der Waals surface area contributed by atoms with Crippen molar-refractivity contribution in [1.29, 1.82) is 0 Å². The molecule has 0 fully saturated rings. The molecule has 1 aromatic rings. The molecule has 0 atom stereocenters. The van der Waals surface area contributed by atoms with E-state index in [-0.39, 0.29) is 5.78 Å². The van der Waals surface area contributed by atoms with Gasteiger partial charge in [0.1, 0.15) is 0 Å². The molecule has 94 valence electrons. The van der Waals surface area contributed by atoms with Gasteiger partial charge in [-0.1, -0.05) is 35.9 Å². The van der Waals surface area contributed by atoms with Crippen LogP contribution in [0.2, 0.25) is 0 Å². The van der Waals surface area contributed by atoms with Gasteiger partial charge in [0.25, 0.3) is 0 Å². The van der Waals surface area contributed by atoms with Crippen LogP contribution in [0.25, 0.3) is 6.08 Å². The normalized spacial score (nSPS) is 10.4. The smallest absolute Gasteiger partial charge is 0.158 e. The molecular formula is C16H18O2. The van der Waals surface area contributed by atoms with E-state index in [0.29, 0.717) is 26.1 Å². The predicted octanol–water partition coefficient (Wildman–Crippen LogP) is 3.01. The summed E-state index contributed by atoms with van der Waals surface area (Å²) in [6.07, 6.45) is 9.49. The van der Waals surface area contributed by atoms with Crippen LogP contribution >= 0.6 is 0 Å². The van der Waals surface area contributed by atoms with Crippen molar-refractivity contribution in [2.75, 3.05) is 13.2 Å². The highest BCUT2D eigenvalue weighted by atomic mass is 16.5.